The Bertz CT molecular complexity index is 1140. The molecule has 0 unspecified atom stereocenters. The summed E-state index contributed by atoms with van der Waals surface area (Å²) in [5.41, 5.74) is 3.41. The van der Waals surface area contributed by atoms with Gasteiger partial charge in [-0.1, -0.05) is 60.7 Å². The maximum Gasteiger partial charge on any atom is 0.342 e. The van der Waals surface area contributed by atoms with E-state index in [1.165, 1.54) is 0 Å². The van der Waals surface area contributed by atoms with Gasteiger partial charge in [-0.15, -0.1) is 0 Å². The lowest BCUT2D eigenvalue weighted by Gasteiger charge is -2.10. The van der Waals surface area contributed by atoms with Crippen LogP contribution in [0.1, 0.15) is 11.1 Å². The van der Waals surface area contributed by atoms with Crippen molar-refractivity contribution in [1.82, 2.24) is 9.97 Å². The molecule has 6 heteroatoms. The Labute approximate surface area is 172 Å². The van der Waals surface area contributed by atoms with Crippen molar-refractivity contribution in [2.24, 2.45) is 0 Å². The van der Waals surface area contributed by atoms with E-state index in [1.807, 2.05) is 78.9 Å². The standard InChI is InChI=1S/C23H18N2O3S/c26-22(27)21(29-23-24-18-11-5-6-12-19(18)25-23)14-17-10-4-7-13-20(17)28-15-16-8-2-1-3-9-16/h1-14H,15H2,(H,24,25)(H,26,27)/b21-14-. The second-order valence-corrected chi connectivity index (χ2v) is 7.32. The number of thioether (sulfide) groups is 1. The number of imidazole rings is 1. The van der Waals surface area contributed by atoms with Crippen LogP contribution < -0.4 is 4.74 Å². The van der Waals surface area contributed by atoms with Gasteiger partial charge in [0.15, 0.2) is 5.16 Å². The Morgan fingerprint density at radius 3 is 2.52 bits per heavy atom. The van der Waals surface area contributed by atoms with E-state index in [2.05, 4.69) is 9.97 Å². The zero-order valence-corrected chi connectivity index (χ0v) is 16.2. The van der Waals surface area contributed by atoms with Crippen molar-refractivity contribution in [2.45, 2.75) is 11.8 Å². The molecule has 2 N–H and O–H groups in total. The smallest absolute Gasteiger partial charge is 0.342 e. The van der Waals surface area contributed by atoms with E-state index in [4.69, 9.17) is 4.74 Å². The van der Waals surface area contributed by atoms with E-state index in [-0.39, 0.29) is 4.91 Å². The number of H-pyrrole nitrogens is 1. The number of carbonyl (C=O) groups is 1. The third-order valence-corrected chi connectivity index (χ3v) is 5.13. The molecular weight excluding hydrogens is 384 g/mol. The minimum Gasteiger partial charge on any atom is -0.488 e. The highest BCUT2D eigenvalue weighted by molar-refractivity contribution is 8.04. The second kappa shape index (κ2) is 8.67. The Balaban J connectivity index is 1.59. The van der Waals surface area contributed by atoms with E-state index in [9.17, 15) is 9.90 Å². The van der Waals surface area contributed by atoms with Crippen LogP contribution in [-0.2, 0) is 11.4 Å². The molecule has 3 aromatic carbocycles. The molecule has 0 aliphatic carbocycles. The lowest BCUT2D eigenvalue weighted by molar-refractivity contribution is -0.131. The molecule has 0 fully saturated rings. The fraction of sp³-hybridized carbons (Fsp3) is 0.0435. The van der Waals surface area contributed by atoms with Crippen molar-refractivity contribution in [3.05, 3.63) is 94.9 Å². The first-order valence-electron chi connectivity index (χ1n) is 9.02. The van der Waals surface area contributed by atoms with Gasteiger partial charge >= 0.3 is 5.97 Å². The van der Waals surface area contributed by atoms with Crippen LogP contribution in [0.5, 0.6) is 5.75 Å². The summed E-state index contributed by atoms with van der Waals surface area (Å²) in [5, 5.41) is 10.2. The van der Waals surface area contributed by atoms with Gasteiger partial charge in [-0.25, -0.2) is 9.78 Å². The number of carboxylic acids is 1. The highest BCUT2D eigenvalue weighted by Gasteiger charge is 2.14. The topological polar surface area (TPSA) is 75.2 Å². The third kappa shape index (κ3) is 4.67. The van der Waals surface area contributed by atoms with Crippen LogP contribution in [-0.4, -0.2) is 21.0 Å². The van der Waals surface area contributed by atoms with Gasteiger partial charge < -0.3 is 14.8 Å². The van der Waals surface area contributed by atoms with Crippen molar-refractivity contribution in [1.29, 1.82) is 0 Å². The molecule has 5 nitrogen and oxygen atoms in total. The number of aromatic nitrogens is 2. The van der Waals surface area contributed by atoms with Crippen LogP contribution in [0.3, 0.4) is 0 Å². The molecule has 0 aliphatic heterocycles. The summed E-state index contributed by atoms with van der Waals surface area (Å²) >= 11 is 1.08. The number of aliphatic carboxylic acids is 1. The molecule has 29 heavy (non-hydrogen) atoms. The molecule has 0 aliphatic rings. The minimum atomic E-state index is -1.02. The number of hydrogen-bond acceptors (Lipinski definition) is 4. The number of nitrogens with one attached hydrogen (secondary N) is 1. The number of benzene rings is 3. The number of fused-ring (bicyclic) bond motifs is 1. The first-order chi connectivity index (χ1) is 14.2. The number of nitrogens with zero attached hydrogens (tertiary/aromatic N) is 1. The predicted molar refractivity (Wildman–Crippen MR) is 115 cm³/mol. The summed E-state index contributed by atoms with van der Waals surface area (Å²) in [4.78, 5) is 19.6. The molecule has 0 saturated heterocycles. The first-order valence-corrected chi connectivity index (χ1v) is 9.84. The van der Waals surface area contributed by atoms with E-state index in [1.54, 1.807) is 6.08 Å². The van der Waals surface area contributed by atoms with Gasteiger partial charge in [0.2, 0.25) is 0 Å². The lowest BCUT2D eigenvalue weighted by atomic mass is 10.2. The van der Waals surface area contributed by atoms with Gasteiger partial charge in [-0.05, 0) is 41.6 Å². The van der Waals surface area contributed by atoms with Crippen molar-refractivity contribution in [2.75, 3.05) is 0 Å². The van der Waals surface area contributed by atoms with Crippen LogP contribution >= 0.6 is 11.8 Å². The molecule has 0 bridgehead atoms. The maximum atomic E-state index is 11.8. The number of hydrogen-bond donors (Lipinski definition) is 2. The predicted octanol–water partition coefficient (Wildman–Crippen LogP) is 5.36. The van der Waals surface area contributed by atoms with Crippen molar-refractivity contribution < 1.29 is 14.6 Å². The van der Waals surface area contributed by atoms with E-state index in [0.717, 1.165) is 28.4 Å². The number of rotatable bonds is 7. The Morgan fingerprint density at radius 1 is 1.00 bits per heavy atom. The largest absolute Gasteiger partial charge is 0.488 e. The van der Waals surface area contributed by atoms with Crippen LogP contribution in [0, 0.1) is 0 Å². The average Bonchev–Trinajstić information content (AvgIpc) is 3.16. The van der Waals surface area contributed by atoms with E-state index >= 15 is 0 Å². The molecule has 4 aromatic rings. The highest BCUT2D eigenvalue weighted by Crippen LogP contribution is 2.30. The Morgan fingerprint density at radius 2 is 1.72 bits per heavy atom. The SMILES string of the molecule is O=C(O)/C(=C/c1ccccc1OCc1ccccc1)Sc1nc2ccccc2[nH]1. The van der Waals surface area contributed by atoms with Crippen LogP contribution in [0.25, 0.3) is 17.1 Å². The summed E-state index contributed by atoms with van der Waals surface area (Å²) in [7, 11) is 0. The molecule has 0 radical (unpaired) electrons. The number of aromatic amines is 1. The molecule has 0 spiro atoms. The van der Waals surface area contributed by atoms with Gasteiger partial charge in [0.1, 0.15) is 17.3 Å². The summed E-state index contributed by atoms with van der Waals surface area (Å²) in [6, 6.07) is 24.8. The van der Waals surface area contributed by atoms with Gasteiger partial charge in [0.05, 0.1) is 11.0 Å². The minimum absolute atomic E-state index is 0.153. The maximum absolute atomic E-state index is 11.8. The van der Waals surface area contributed by atoms with Crippen molar-refractivity contribution >= 4 is 34.8 Å². The number of ether oxygens (including phenoxy) is 1. The average molecular weight is 402 g/mol. The van der Waals surface area contributed by atoms with Crippen LogP contribution in [0.2, 0.25) is 0 Å². The Kier molecular flexibility index (Phi) is 5.63. The Hall–Kier alpha value is -3.51. The third-order valence-electron chi connectivity index (χ3n) is 4.23. The first kappa shape index (κ1) is 18.8. The van der Waals surface area contributed by atoms with Crippen molar-refractivity contribution in [3.8, 4) is 5.75 Å². The van der Waals surface area contributed by atoms with Gasteiger partial charge in [0.25, 0.3) is 0 Å². The zero-order valence-electron chi connectivity index (χ0n) is 15.4. The lowest BCUT2D eigenvalue weighted by Crippen LogP contribution is -1.99. The molecule has 1 heterocycles. The van der Waals surface area contributed by atoms with E-state index < -0.39 is 5.97 Å². The molecule has 0 atom stereocenters. The summed E-state index contributed by atoms with van der Waals surface area (Å²) in [6.45, 7) is 0.408. The second-order valence-electron chi connectivity index (χ2n) is 6.29. The van der Waals surface area contributed by atoms with Gasteiger partial charge in [-0.2, -0.15) is 0 Å². The molecule has 1 aromatic heterocycles. The van der Waals surface area contributed by atoms with Gasteiger partial charge in [0, 0.05) is 5.56 Å². The zero-order chi connectivity index (χ0) is 20.1. The molecular formula is C23H18N2O3S. The number of carboxylic acid groups (broad SMARTS) is 1. The molecule has 144 valence electrons. The molecule has 4 rings (SSSR count). The molecule has 0 amide bonds. The fourth-order valence-electron chi connectivity index (χ4n) is 2.82. The van der Waals surface area contributed by atoms with Crippen LogP contribution in [0.15, 0.2) is 88.9 Å². The van der Waals surface area contributed by atoms with Crippen molar-refractivity contribution in [3.63, 3.8) is 0 Å². The molecule has 0 saturated carbocycles. The monoisotopic (exact) mass is 402 g/mol. The highest BCUT2D eigenvalue weighted by atomic mass is 32.2. The van der Waals surface area contributed by atoms with Gasteiger partial charge in [-0.3, -0.25) is 0 Å². The quantitative estimate of drug-likeness (QED) is 0.321. The van der Waals surface area contributed by atoms with E-state index in [0.29, 0.717) is 23.1 Å². The summed E-state index contributed by atoms with van der Waals surface area (Å²) in [5.74, 6) is -0.395. The van der Waals surface area contributed by atoms with Crippen LogP contribution in [0.4, 0.5) is 0 Å². The summed E-state index contributed by atoms with van der Waals surface area (Å²) < 4.78 is 5.93. The number of para-hydroxylation sites is 3. The summed E-state index contributed by atoms with van der Waals surface area (Å²) in [6.07, 6.45) is 1.61. The normalized spacial score (nSPS) is 11.5. The fourth-order valence-corrected chi connectivity index (χ4v) is 3.61.